The van der Waals surface area contributed by atoms with Crippen LogP contribution in [0.2, 0.25) is 0 Å². The predicted octanol–water partition coefficient (Wildman–Crippen LogP) is 3.06. The Balaban J connectivity index is 1.95. The highest BCUT2D eigenvalue weighted by molar-refractivity contribution is 9.10. The van der Waals surface area contributed by atoms with Crippen molar-refractivity contribution in [2.45, 2.75) is 25.2 Å². The van der Waals surface area contributed by atoms with E-state index in [1.165, 1.54) is 11.3 Å². The Morgan fingerprint density at radius 1 is 1.24 bits per heavy atom. The maximum atomic E-state index is 12.4. The maximum Gasteiger partial charge on any atom is 0.177 e. The zero-order valence-electron chi connectivity index (χ0n) is 11.0. The van der Waals surface area contributed by atoms with Crippen LogP contribution < -0.4 is 0 Å². The third-order valence-electron chi connectivity index (χ3n) is 4.35. The zero-order chi connectivity index (χ0) is 14.8. The number of sulfone groups is 1. The van der Waals surface area contributed by atoms with Crippen LogP contribution in [0.15, 0.2) is 31.5 Å². The minimum absolute atomic E-state index is 0.122. The van der Waals surface area contributed by atoms with Gasteiger partial charge in [0.1, 0.15) is 5.78 Å². The van der Waals surface area contributed by atoms with Gasteiger partial charge in [-0.05, 0) is 28.4 Å². The first-order valence-corrected chi connectivity index (χ1v) is 10.1. The van der Waals surface area contributed by atoms with Crippen molar-refractivity contribution in [3.8, 4) is 0 Å². The molecule has 1 saturated carbocycles. The molecule has 0 amide bonds. The van der Waals surface area contributed by atoms with Gasteiger partial charge in [0.05, 0.1) is 22.3 Å². The second-order valence-corrected chi connectivity index (χ2v) is 9.51. The van der Waals surface area contributed by atoms with Crippen LogP contribution in [0.1, 0.15) is 30.1 Å². The predicted molar refractivity (Wildman–Crippen MR) is 85.4 cm³/mol. The smallest absolute Gasteiger partial charge is 0.177 e. The Labute approximate surface area is 135 Å². The molecule has 0 saturated heterocycles. The third-order valence-corrected chi connectivity index (χ3v) is 8.03. The molecule has 4 rings (SSSR count). The summed E-state index contributed by atoms with van der Waals surface area (Å²) in [6.07, 6.45) is 1.63. The summed E-state index contributed by atoms with van der Waals surface area (Å²) in [7, 11) is -3.29. The SMILES string of the molecule is O=C1CCC2=NC3=C(C(c4cc(Br)cs4)C12)S(=O)(=O)CC3. The second kappa shape index (κ2) is 4.60. The number of carbonyl (C=O) groups excluding carboxylic acids is 1. The number of rotatable bonds is 1. The zero-order valence-corrected chi connectivity index (χ0v) is 14.2. The van der Waals surface area contributed by atoms with Crippen molar-refractivity contribution in [3.05, 3.63) is 31.4 Å². The molecule has 3 aliphatic rings. The highest BCUT2D eigenvalue weighted by atomic mass is 79.9. The summed E-state index contributed by atoms with van der Waals surface area (Å²) < 4.78 is 25.8. The van der Waals surface area contributed by atoms with E-state index in [2.05, 4.69) is 20.9 Å². The van der Waals surface area contributed by atoms with Crippen LogP contribution in [-0.4, -0.2) is 25.7 Å². The molecule has 0 N–H and O–H groups in total. The van der Waals surface area contributed by atoms with E-state index in [9.17, 15) is 13.2 Å². The number of fused-ring (bicyclic) bond motifs is 1. The van der Waals surface area contributed by atoms with Crippen LogP contribution in [0.5, 0.6) is 0 Å². The fourth-order valence-electron chi connectivity index (χ4n) is 3.49. The fraction of sp³-hybridized carbons (Fsp3) is 0.429. The van der Waals surface area contributed by atoms with Gasteiger partial charge in [-0.2, -0.15) is 0 Å². The number of nitrogens with zero attached hydrogens (tertiary/aromatic N) is 1. The number of ketones is 1. The molecule has 4 nitrogen and oxygen atoms in total. The van der Waals surface area contributed by atoms with Gasteiger partial charge in [0, 0.05) is 39.2 Å². The van der Waals surface area contributed by atoms with Crippen LogP contribution in [0, 0.1) is 5.92 Å². The molecule has 1 aromatic rings. The van der Waals surface area contributed by atoms with Crippen LogP contribution in [-0.2, 0) is 14.6 Å². The van der Waals surface area contributed by atoms with Crippen molar-refractivity contribution in [3.63, 3.8) is 0 Å². The lowest BCUT2D eigenvalue weighted by molar-refractivity contribution is -0.120. The van der Waals surface area contributed by atoms with Gasteiger partial charge in [0.25, 0.3) is 0 Å². The summed E-state index contributed by atoms with van der Waals surface area (Å²) in [6, 6.07) is 1.93. The molecule has 3 heterocycles. The molecule has 0 aromatic carbocycles. The van der Waals surface area contributed by atoms with Gasteiger partial charge in [0.2, 0.25) is 0 Å². The first kappa shape index (κ1) is 13.8. The lowest BCUT2D eigenvalue weighted by Gasteiger charge is -2.27. The van der Waals surface area contributed by atoms with Crippen molar-refractivity contribution < 1.29 is 13.2 Å². The van der Waals surface area contributed by atoms with E-state index in [0.717, 1.165) is 15.1 Å². The van der Waals surface area contributed by atoms with Gasteiger partial charge in [-0.25, -0.2) is 8.42 Å². The quantitative estimate of drug-likeness (QED) is 0.745. The Morgan fingerprint density at radius 2 is 2.05 bits per heavy atom. The van der Waals surface area contributed by atoms with E-state index in [1.54, 1.807) is 0 Å². The average molecular weight is 386 g/mol. The summed E-state index contributed by atoms with van der Waals surface area (Å²) in [5.41, 5.74) is 1.57. The van der Waals surface area contributed by atoms with Crippen molar-refractivity contribution in [1.29, 1.82) is 0 Å². The molecule has 1 aliphatic carbocycles. The van der Waals surface area contributed by atoms with E-state index < -0.39 is 9.84 Å². The first-order valence-electron chi connectivity index (χ1n) is 6.77. The topological polar surface area (TPSA) is 63.6 Å². The van der Waals surface area contributed by atoms with Crippen LogP contribution in [0.3, 0.4) is 0 Å². The highest BCUT2D eigenvalue weighted by Crippen LogP contribution is 2.50. The van der Waals surface area contributed by atoms with Gasteiger partial charge in [-0.15, -0.1) is 11.3 Å². The number of hydrogen-bond acceptors (Lipinski definition) is 5. The number of carbonyl (C=O) groups is 1. The average Bonchev–Trinajstić information content (AvgIpc) is 3.09. The molecular weight excluding hydrogens is 374 g/mol. The van der Waals surface area contributed by atoms with Gasteiger partial charge < -0.3 is 0 Å². The van der Waals surface area contributed by atoms with E-state index in [1.807, 2.05) is 11.4 Å². The highest BCUT2D eigenvalue weighted by Gasteiger charge is 2.49. The van der Waals surface area contributed by atoms with Crippen LogP contribution >= 0.6 is 27.3 Å². The molecule has 0 spiro atoms. The van der Waals surface area contributed by atoms with Crippen molar-refractivity contribution in [1.82, 2.24) is 0 Å². The van der Waals surface area contributed by atoms with E-state index in [0.29, 0.717) is 29.9 Å². The van der Waals surface area contributed by atoms with Gasteiger partial charge in [0.15, 0.2) is 9.84 Å². The molecule has 1 fully saturated rings. The molecule has 110 valence electrons. The van der Waals surface area contributed by atoms with Crippen molar-refractivity contribution in [2.24, 2.45) is 10.9 Å². The summed E-state index contributed by atoms with van der Waals surface area (Å²) in [5, 5.41) is 1.93. The van der Waals surface area contributed by atoms with Crippen LogP contribution in [0.4, 0.5) is 0 Å². The molecule has 2 aliphatic heterocycles. The number of Topliss-reactive ketones (excluding diaryl/α,β-unsaturated/α-hetero) is 1. The van der Waals surface area contributed by atoms with Gasteiger partial charge in [-0.1, -0.05) is 0 Å². The summed E-state index contributed by atoms with van der Waals surface area (Å²) in [6.45, 7) is 0. The maximum absolute atomic E-state index is 12.4. The first-order chi connectivity index (χ1) is 9.97. The van der Waals surface area contributed by atoms with Crippen molar-refractivity contribution >= 4 is 48.6 Å². The minimum Gasteiger partial charge on any atom is -0.299 e. The standard InChI is InChI=1S/C14H12BrNO3S2/c15-7-5-11(20-6-7)13-12-8(1-2-10(12)17)16-9-3-4-21(18,19)14(9)13/h5-6,12-13H,1-4H2. The van der Waals surface area contributed by atoms with Gasteiger partial charge >= 0.3 is 0 Å². The summed E-state index contributed by atoms with van der Waals surface area (Å²) in [5.74, 6) is -0.483. The molecule has 21 heavy (non-hydrogen) atoms. The Kier molecular flexibility index (Phi) is 3.03. The molecule has 2 unspecified atom stereocenters. The Hall–Kier alpha value is -0.790. The number of allylic oxidation sites excluding steroid dienone is 2. The summed E-state index contributed by atoms with van der Waals surface area (Å²) >= 11 is 4.92. The van der Waals surface area contributed by atoms with Gasteiger partial charge in [-0.3, -0.25) is 9.79 Å². The molecular formula is C14H12BrNO3S2. The number of hydrogen-bond donors (Lipinski definition) is 0. The molecule has 1 aromatic heterocycles. The van der Waals surface area contributed by atoms with E-state index in [4.69, 9.17) is 0 Å². The lowest BCUT2D eigenvalue weighted by atomic mass is 9.84. The monoisotopic (exact) mass is 385 g/mol. The number of thiophene rings is 1. The summed E-state index contributed by atoms with van der Waals surface area (Å²) in [4.78, 5) is 18.2. The Bertz CT molecular complexity index is 819. The van der Waals surface area contributed by atoms with E-state index in [-0.39, 0.29) is 23.4 Å². The number of halogens is 1. The lowest BCUT2D eigenvalue weighted by Crippen LogP contribution is -2.29. The molecule has 0 radical (unpaired) electrons. The minimum atomic E-state index is -3.29. The Morgan fingerprint density at radius 3 is 2.76 bits per heavy atom. The molecule has 2 atom stereocenters. The van der Waals surface area contributed by atoms with Crippen LogP contribution in [0.25, 0.3) is 0 Å². The second-order valence-electron chi connectivity index (χ2n) is 5.57. The normalized spacial score (nSPS) is 30.3. The fourth-order valence-corrected chi connectivity index (χ4v) is 6.99. The number of aliphatic imine (C=N–C) groups is 1. The van der Waals surface area contributed by atoms with Crippen molar-refractivity contribution in [2.75, 3.05) is 5.75 Å². The molecule has 0 bridgehead atoms. The molecule has 7 heteroatoms. The third kappa shape index (κ3) is 2.01. The van der Waals surface area contributed by atoms with E-state index >= 15 is 0 Å². The largest absolute Gasteiger partial charge is 0.299 e.